The first kappa shape index (κ1) is 24.1. The molecule has 1 aromatic carbocycles. The summed E-state index contributed by atoms with van der Waals surface area (Å²) in [5, 5.41) is 6.12. The van der Waals surface area contributed by atoms with Gasteiger partial charge in [-0.1, -0.05) is 6.07 Å². The number of hydrogen-bond donors (Lipinski definition) is 2. The fourth-order valence-electron chi connectivity index (χ4n) is 2.20. The summed E-state index contributed by atoms with van der Waals surface area (Å²) in [6.45, 7) is 7.11. The number of oxazole rings is 1. The molecule has 0 unspecified atom stereocenters. The van der Waals surface area contributed by atoms with Gasteiger partial charge in [-0.05, 0) is 39.0 Å². The van der Waals surface area contributed by atoms with Crippen molar-refractivity contribution in [3.63, 3.8) is 0 Å². The molecule has 2 aromatic rings. The molecule has 0 bridgehead atoms. The van der Waals surface area contributed by atoms with Crippen molar-refractivity contribution in [3.8, 4) is 5.75 Å². The van der Waals surface area contributed by atoms with E-state index in [9.17, 15) is 13.2 Å². The van der Waals surface area contributed by atoms with E-state index in [-0.39, 0.29) is 42.9 Å². The monoisotopic (exact) mass is 512 g/mol. The molecule has 0 amide bonds. The summed E-state index contributed by atoms with van der Waals surface area (Å²) >= 11 is 0. The summed E-state index contributed by atoms with van der Waals surface area (Å²) < 4.78 is 48.9. The quantitative estimate of drug-likeness (QED) is 0.254. The number of nitrogens with one attached hydrogen (secondary N) is 2. The van der Waals surface area contributed by atoms with Crippen LogP contribution >= 0.6 is 24.0 Å². The minimum absolute atomic E-state index is 0. The molecular formula is C18H24F3IN4O2. The molecule has 0 radical (unpaired) electrons. The van der Waals surface area contributed by atoms with Gasteiger partial charge in [-0.25, -0.2) is 9.98 Å². The highest BCUT2D eigenvalue weighted by atomic mass is 127. The molecule has 2 N–H and O–H groups in total. The number of aliphatic imine (C=N–C) groups is 1. The molecule has 2 rings (SSSR count). The lowest BCUT2D eigenvalue weighted by Gasteiger charge is -2.13. The number of alkyl halides is 3. The summed E-state index contributed by atoms with van der Waals surface area (Å²) in [4.78, 5) is 8.62. The molecule has 1 heterocycles. The third-order valence-electron chi connectivity index (χ3n) is 3.61. The van der Waals surface area contributed by atoms with Crippen LogP contribution in [-0.2, 0) is 12.7 Å². The Morgan fingerprint density at radius 1 is 1.25 bits per heavy atom. The molecule has 1 aromatic heterocycles. The van der Waals surface area contributed by atoms with E-state index < -0.39 is 11.7 Å². The second-order valence-corrected chi connectivity index (χ2v) is 5.75. The molecule has 0 spiro atoms. The molecule has 0 aliphatic heterocycles. The normalized spacial score (nSPS) is 11.7. The third-order valence-corrected chi connectivity index (χ3v) is 3.61. The molecule has 0 saturated carbocycles. The molecule has 156 valence electrons. The average Bonchev–Trinajstić information content (AvgIpc) is 2.94. The van der Waals surface area contributed by atoms with Crippen molar-refractivity contribution in [2.24, 2.45) is 4.99 Å². The van der Waals surface area contributed by atoms with Crippen molar-refractivity contribution in [2.75, 3.05) is 19.7 Å². The maximum atomic E-state index is 12.7. The Bertz CT molecular complexity index is 759. The number of hydrogen-bond acceptors (Lipinski definition) is 4. The fourth-order valence-corrected chi connectivity index (χ4v) is 2.20. The van der Waals surface area contributed by atoms with E-state index in [1.165, 1.54) is 12.1 Å². The van der Waals surface area contributed by atoms with Crippen molar-refractivity contribution in [1.82, 2.24) is 15.6 Å². The molecule has 0 fully saturated rings. The van der Waals surface area contributed by atoms with Crippen LogP contribution in [0.1, 0.15) is 29.8 Å². The summed E-state index contributed by atoms with van der Waals surface area (Å²) in [5.74, 6) is 1.98. The number of nitrogens with zero attached hydrogens (tertiary/aromatic N) is 2. The second-order valence-electron chi connectivity index (χ2n) is 5.75. The number of ether oxygens (including phenoxy) is 1. The molecular weight excluding hydrogens is 488 g/mol. The lowest BCUT2D eigenvalue weighted by atomic mass is 10.2. The smallest absolute Gasteiger partial charge is 0.416 e. The van der Waals surface area contributed by atoms with Crippen molar-refractivity contribution in [3.05, 3.63) is 47.2 Å². The van der Waals surface area contributed by atoms with Gasteiger partial charge in [0.05, 0.1) is 17.8 Å². The average molecular weight is 512 g/mol. The minimum Gasteiger partial charge on any atom is -0.492 e. The largest absolute Gasteiger partial charge is 0.492 e. The van der Waals surface area contributed by atoms with E-state index in [0.29, 0.717) is 24.9 Å². The number of aromatic nitrogens is 1. The maximum absolute atomic E-state index is 12.7. The molecule has 0 aliphatic rings. The molecule has 0 aliphatic carbocycles. The molecule has 10 heteroatoms. The van der Waals surface area contributed by atoms with Crippen LogP contribution in [0.3, 0.4) is 0 Å². The molecule has 28 heavy (non-hydrogen) atoms. The summed E-state index contributed by atoms with van der Waals surface area (Å²) in [6, 6.07) is 4.79. The molecule has 6 nitrogen and oxygen atoms in total. The van der Waals surface area contributed by atoms with E-state index in [2.05, 4.69) is 20.6 Å². The van der Waals surface area contributed by atoms with Gasteiger partial charge < -0.3 is 19.8 Å². The summed E-state index contributed by atoms with van der Waals surface area (Å²) in [5.41, 5.74) is 0.0899. The van der Waals surface area contributed by atoms with Crippen LogP contribution in [0.2, 0.25) is 0 Å². The Hall–Kier alpha value is -1.98. The van der Waals surface area contributed by atoms with E-state index in [4.69, 9.17) is 9.15 Å². The Morgan fingerprint density at radius 2 is 2.00 bits per heavy atom. The minimum atomic E-state index is -4.39. The number of benzene rings is 1. The first-order valence-corrected chi connectivity index (χ1v) is 8.54. The van der Waals surface area contributed by atoms with Gasteiger partial charge in [0, 0.05) is 6.54 Å². The number of aryl methyl sites for hydroxylation is 2. The van der Waals surface area contributed by atoms with Gasteiger partial charge in [0.2, 0.25) is 5.89 Å². The van der Waals surface area contributed by atoms with Crippen LogP contribution in [0, 0.1) is 13.8 Å². The van der Waals surface area contributed by atoms with Gasteiger partial charge in [-0.3, -0.25) is 0 Å². The third kappa shape index (κ3) is 7.56. The zero-order chi connectivity index (χ0) is 19.9. The van der Waals surface area contributed by atoms with Crippen LogP contribution in [0.15, 0.2) is 33.7 Å². The summed E-state index contributed by atoms with van der Waals surface area (Å²) in [6.07, 6.45) is -4.39. The van der Waals surface area contributed by atoms with Crippen molar-refractivity contribution < 1.29 is 22.3 Å². The Labute approximate surface area is 179 Å². The van der Waals surface area contributed by atoms with E-state index in [0.717, 1.165) is 23.6 Å². The fraction of sp³-hybridized carbons (Fsp3) is 0.444. The second kappa shape index (κ2) is 11.1. The van der Waals surface area contributed by atoms with Gasteiger partial charge in [-0.15, -0.1) is 24.0 Å². The Morgan fingerprint density at radius 3 is 2.61 bits per heavy atom. The van der Waals surface area contributed by atoms with Crippen molar-refractivity contribution in [1.29, 1.82) is 0 Å². The first-order valence-electron chi connectivity index (χ1n) is 8.54. The maximum Gasteiger partial charge on any atom is 0.416 e. The predicted molar refractivity (Wildman–Crippen MR) is 111 cm³/mol. The highest BCUT2D eigenvalue weighted by molar-refractivity contribution is 14.0. The van der Waals surface area contributed by atoms with Gasteiger partial charge in [0.1, 0.15) is 24.7 Å². The molecule has 0 saturated heterocycles. The van der Waals surface area contributed by atoms with E-state index in [1.807, 2.05) is 20.8 Å². The zero-order valence-corrected chi connectivity index (χ0v) is 18.2. The first-order chi connectivity index (χ1) is 12.8. The topological polar surface area (TPSA) is 71.7 Å². The summed E-state index contributed by atoms with van der Waals surface area (Å²) in [7, 11) is 0. The van der Waals surface area contributed by atoms with Crippen molar-refractivity contribution in [2.45, 2.75) is 33.5 Å². The van der Waals surface area contributed by atoms with Crippen molar-refractivity contribution >= 4 is 29.9 Å². The van der Waals surface area contributed by atoms with Crippen LogP contribution in [-0.4, -0.2) is 30.6 Å². The Balaban J connectivity index is 0.00000392. The van der Waals surface area contributed by atoms with Gasteiger partial charge in [0.25, 0.3) is 0 Å². The lowest BCUT2D eigenvalue weighted by Crippen LogP contribution is -2.39. The van der Waals surface area contributed by atoms with Crippen LogP contribution in [0.25, 0.3) is 0 Å². The lowest BCUT2D eigenvalue weighted by molar-refractivity contribution is -0.137. The van der Waals surface area contributed by atoms with E-state index >= 15 is 0 Å². The standard InChI is InChI=1S/C18H23F3N4O2.HI/c1-4-22-17(24-11-16-25-12(2)13(3)27-16)23-8-9-26-15-7-5-6-14(10-15)18(19,20)21;/h5-7,10H,4,8-9,11H2,1-3H3,(H2,22,23,24);1H. The van der Waals surface area contributed by atoms with E-state index in [1.54, 1.807) is 0 Å². The highest BCUT2D eigenvalue weighted by Gasteiger charge is 2.30. The van der Waals surface area contributed by atoms with Crippen LogP contribution in [0.4, 0.5) is 13.2 Å². The predicted octanol–water partition coefficient (Wildman–Crippen LogP) is 4.06. The van der Waals surface area contributed by atoms with Crippen LogP contribution in [0.5, 0.6) is 5.75 Å². The van der Waals surface area contributed by atoms with Crippen LogP contribution < -0.4 is 15.4 Å². The van der Waals surface area contributed by atoms with Gasteiger partial charge in [0.15, 0.2) is 5.96 Å². The Kier molecular flexibility index (Phi) is 9.56. The van der Waals surface area contributed by atoms with Gasteiger partial charge >= 0.3 is 6.18 Å². The molecule has 0 atom stereocenters. The van der Waals surface area contributed by atoms with Gasteiger partial charge in [-0.2, -0.15) is 13.2 Å². The number of rotatable bonds is 7. The SMILES string of the molecule is CCNC(=NCc1nc(C)c(C)o1)NCCOc1cccc(C(F)(F)F)c1.I. The zero-order valence-electron chi connectivity index (χ0n) is 15.9. The number of halogens is 4. The highest BCUT2D eigenvalue weighted by Crippen LogP contribution is 2.31. The number of guanidine groups is 1.